The van der Waals surface area contributed by atoms with Crippen molar-refractivity contribution in [3.8, 4) is 0 Å². The lowest BCUT2D eigenvalue weighted by molar-refractivity contribution is 0.102. The summed E-state index contributed by atoms with van der Waals surface area (Å²) in [5, 5.41) is 2.35. The normalized spacial score (nSPS) is 15.7. The predicted octanol–water partition coefficient (Wildman–Crippen LogP) is 4.41. The lowest BCUT2D eigenvalue weighted by Gasteiger charge is -2.19. The Morgan fingerprint density at radius 1 is 1.37 bits per heavy atom. The van der Waals surface area contributed by atoms with Crippen LogP contribution in [0.5, 0.6) is 0 Å². The van der Waals surface area contributed by atoms with Crippen LogP contribution in [0.4, 0.5) is 14.5 Å². The fourth-order valence-electron chi connectivity index (χ4n) is 2.86. The number of carbonyl (C=O) groups is 1. The first kappa shape index (κ1) is 19.0. The van der Waals surface area contributed by atoms with E-state index in [0.717, 1.165) is 41.2 Å². The third kappa shape index (κ3) is 4.31. The fourth-order valence-corrected chi connectivity index (χ4v) is 3.99. The predicted molar refractivity (Wildman–Crippen MR) is 105 cm³/mol. The number of rotatable bonds is 4. The van der Waals surface area contributed by atoms with Crippen molar-refractivity contribution in [1.82, 2.24) is 4.90 Å². The number of thiophene rings is 1. The molecule has 0 aliphatic carbocycles. The number of para-hydroxylation sites is 1. The molecule has 0 fully saturated rings. The summed E-state index contributed by atoms with van der Waals surface area (Å²) in [6, 6.07) is 5.29. The van der Waals surface area contributed by atoms with Crippen molar-refractivity contribution >= 4 is 29.6 Å². The standard InChI is InChI=1S/C20H19F2N3OS/c1-23-9-4-5-14-12-17-13(8-10-25(14)2)11-18(27-17)20(26)24-19-15(21)6-3-7-16(19)22/h3-7,9,11H,1,8,10,12H2,2H3,(H,24,26)/b9-4-,14-5+. The molecule has 0 radical (unpaired) electrons. The average molecular weight is 387 g/mol. The summed E-state index contributed by atoms with van der Waals surface area (Å²) in [5.41, 5.74) is 1.76. The summed E-state index contributed by atoms with van der Waals surface area (Å²) in [6.45, 7) is 4.22. The van der Waals surface area contributed by atoms with Gasteiger partial charge in [-0.3, -0.25) is 9.79 Å². The van der Waals surface area contributed by atoms with Crippen molar-refractivity contribution in [3.05, 3.63) is 75.3 Å². The maximum absolute atomic E-state index is 13.8. The number of aliphatic imine (C=N–C) groups is 1. The molecule has 140 valence electrons. The highest BCUT2D eigenvalue weighted by Crippen LogP contribution is 2.30. The van der Waals surface area contributed by atoms with Crippen molar-refractivity contribution in [1.29, 1.82) is 0 Å². The van der Waals surface area contributed by atoms with Gasteiger partial charge in [0.05, 0.1) is 4.88 Å². The smallest absolute Gasteiger partial charge is 0.265 e. The molecule has 3 rings (SSSR count). The lowest BCUT2D eigenvalue weighted by atomic mass is 10.1. The van der Waals surface area contributed by atoms with Crippen LogP contribution in [0.25, 0.3) is 0 Å². The number of halogens is 2. The van der Waals surface area contributed by atoms with Crippen molar-refractivity contribution in [2.75, 3.05) is 18.9 Å². The first-order valence-corrected chi connectivity index (χ1v) is 9.21. The van der Waals surface area contributed by atoms with Crippen LogP contribution < -0.4 is 5.32 Å². The molecule has 0 saturated carbocycles. The molecule has 1 aliphatic rings. The molecule has 27 heavy (non-hydrogen) atoms. The van der Waals surface area contributed by atoms with E-state index in [4.69, 9.17) is 0 Å². The van der Waals surface area contributed by atoms with E-state index in [1.165, 1.54) is 17.4 Å². The van der Waals surface area contributed by atoms with Gasteiger partial charge >= 0.3 is 0 Å². The minimum absolute atomic E-state index is 0.423. The number of benzene rings is 1. The van der Waals surface area contributed by atoms with Gasteiger partial charge in [0.2, 0.25) is 0 Å². The van der Waals surface area contributed by atoms with Crippen LogP contribution in [-0.2, 0) is 12.8 Å². The molecule has 2 heterocycles. The van der Waals surface area contributed by atoms with Gasteiger partial charge in [-0.2, -0.15) is 0 Å². The number of nitrogens with one attached hydrogen (secondary N) is 1. The van der Waals surface area contributed by atoms with Crippen LogP contribution in [0, 0.1) is 11.6 Å². The highest BCUT2D eigenvalue weighted by Gasteiger charge is 2.21. The maximum Gasteiger partial charge on any atom is 0.265 e. The van der Waals surface area contributed by atoms with Gasteiger partial charge in [0.15, 0.2) is 0 Å². The molecule has 1 N–H and O–H groups in total. The molecule has 1 aliphatic heterocycles. The second-order valence-corrected chi connectivity index (χ2v) is 7.28. The minimum Gasteiger partial charge on any atom is -0.377 e. The molecule has 0 saturated heterocycles. The van der Waals surface area contributed by atoms with Crippen LogP contribution in [-0.4, -0.2) is 31.1 Å². The van der Waals surface area contributed by atoms with E-state index in [1.54, 1.807) is 6.20 Å². The third-order valence-corrected chi connectivity index (χ3v) is 5.53. The summed E-state index contributed by atoms with van der Waals surface area (Å²) < 4.78 is 27.5. The van der Waals surface area contributed by atoms with E-state index in [-0.39, 0.29) is 0 Å². The number of amides is 1. The van der Waals surface area contributed by atoms with Crippen molar-refractivity contribution < 1.29 is 13.6 Å². The van der Waals surface area contributed by atoms with Gasteiger partial charge in [-0.15, -0.1) is 11.3 Å². The molecule has 1 amide bonds. The quantitative estimate of drug-likeness (QED) is 0.790. The first-order chi connectivity index (χ1) is 13.0. The largest absolute Gasteiger partial charge is 0.377 e. The molecule has 0 atom stereocenters. The second kappa shape index (κ2) is 8.26. The van der Waals surface area contributed by atoms with Crippen molar-refractivity contribution in [2.24, 2.45) is 4.99 Å². The molecule has 1 aromatic heterocycles. The number of allylic oxidation sites excluding steroid dienone is 3. The monoisotopic (exact) mass is 387 g/mol. The van der Waals surface area contributed by atoms with Crippen LogP contribution >= 0.6 is 11.3 Å². The lowest BCUT2D eigenvalue weighted by Crippen LogP contribution is -2.19. The van der Waals surface area contributed by atoms with E-state index < -0.39 is 23.2 Å². The van der Waals surface area contributed by atoms with Crippen LogP contribution in [0.1, 0.15) is 20.1 Å². The van der Waals surface area contributed by atoms with Crippen LogP contribution in [0.3, 0.4) is 0 Å². The molecule has 4 nitrogen and oxygen atoms in total. The SMILES string of the molecule is C=N/C=C\C=C1/Cc2sc(C(=O)Nc3c(F)cccc3F)cc2CCN1C. The van der Waals surface area contributed by atoms with Crippen molar-refractivity contribution in [2.45, 2.75) is 12.8 Å². The van der Waals surface area contributed by atoms with E-state index in [1.807, 2.05) is 25.3 Å². The summed E-state index contributed by atoms with van der Waals surface area (Å²) in [6.07, 6.45) is 6.89. The second-order valence-electron chi connectivity index (χ2n) is 6.14. The summed E-state index contributed by atoms with van der Waals surface area (Å²) in [7, 11) is 2.02. The van der Waals surface area contributed by atoms with E-state index in [9.17, 15) is 13.6 Å². The van der Waals surface area contributed by atoms with Gasteiger partial charge in [-0.05, 0) is 49.1 Å². The Hall–Kier alpha value is -2.80. The first-order valence-electron chi connectivity index (χ1n) is 8.39. The molecular weight excluding hydrogens is 368 g/mol. The fraction of sp³-hybridized carbons (Fsp3) is 0.200. The molecule has 0 unspecified atom stereocenters. The van der Waals surface area contributed by atoms with Crippen LogP contribution in [0.15, 0.2) is 53.3 Å². The maximum atomic E-state index is 13.8. The third-order valence-electron chi connectivity index (χ3n) is 4.35. The van der Waals surface area contributed by atoms with E-state index >= 15 is 0 Å². The molecule has 0 bridgehead atoms. The Kier molecular flexibility index (Phi) is 5.81. The molecular formula is C20H19F2N3OS. The topological polar surface area (TPSA) is 44.7 Å². The van der Waals surface area contributed by atoms with Gasteiger partial charge in [0.25, 0.3) is 5.91 Å². The zero-order valence-corrected chi connectivity index (χ0v) is 15.7. The Labute approximate surface area is 160 Å². The van der Waals surface area contributed by atoms with Gasteiger partial charge in [0.1, 0.15) is 17.3 Å². The van der Waals surface area contributed by atoms with Gasteiger partial charge in [-0.25, -0.2) is 8.78 Å². The number of hydrogen-bond acceptors (Lipinski definition) is 4. The highest BCUT2D eigenvalue weighted by atomic mass is 32.1. The number of anilines is 1. The number of nitrogens with zero attached hydrogens (tertiary/aromatic N) is 2. The van der Waals surface area contributed by atoms with Crippen molar-refractivity contribution in [3.63, 3.8) is 0 Å². The zero-order chi connectivity index (χ0) is 19.4. The Bertz CT molecular complexity index is 913. The molecule has 0 spiro atoms. The Morgan fingerprint density at radius 2 is 2.11 bits per heavy atom. The molecule has 7 heteroatoms. The van der Waals surface area contributed by atoms with Gasteiger partial charge < -0.3 is 10.2 Å². The summed E-state index contributed by atoms with van der Waals surface area (Å²) in [5.74, 6) is -2.10. The minimum atomic E-state index is -0.795. The molecule has 2 aromatic rings. The van der Waals surface area contributed by atoms with Gasteiger partial charge in [0, 0.05) is 36.8 Å². The molecule has 1 aromatic carbocycles. The number of carbonyl (C=O) groups excluding carboxylic acids is 1. The number of hydrogen-bond donors (Lipinski definition) is 1. The number of likely N-dealkylation sites (N-methyl/N-ethyl adjacent to an activating group) is 1. The average Bonchev–Trinajstić information content (AvgIpc) is 2.99. The van der Waals surface area contributed by atoms with E-state index in [2.05, 4.69) is 21.9 Å². The summed E-state index contributed by atoms with van der Waals surface area (Å²) >= 11 is 1.35. The van der Waals surface area contributed by atoms with Crippen LogP contribution in [0.2, 0.25) is 0 Å². The van der Waals surface area contributed by atoms with Gasteiger partial charge in [-0.1, -0.05) is 6.07 Å². The Balaban J connectivity index is 1.83. The zero-order valence-electron chi connectivity index (χ0n) is 14.8. The highest BCUT2D eigenvalue weighted by molar-refractivity contribution is 7.14. The van der Waals surface area contributed by atoms with E-state index in [0.29, 0.717) is 11.3 Å². The number of fused-ring (bicyclic) bond motifs is 1. The Morgan fingerprint density at radius 3 is 2.81 bits per heavy atom. The summed E-state index contributed by atoms with van der Waals surface area (Å²) in [4.78, 5) is 19.9.